The number of benzene rings is 3. The second-order valence-corrected chi connectivity index (χ2v) is 20.4. The van der Waals surface area contributed by atoms with Gasteiger partial charge in [-0.05, 0) is 97.0 Å². The van der Waals surface area contributed by atoms with Crippen molar-refractivity contribution in [2.24, 2.45) is 11.3 Å². The molecule has 5 aliphatic rings. The van der Waals surface area contributed by atoms with E-state index in [1.165, 1.54) is 18.1 Å². The van der Waals surface area contributed by atoms with Gasteiger partial charge in [0.1, 0.15) is 17.6 Å². The average Bonchev–Trinajstić information content (AvgIpc) is 3.97. The maximum absolute atomic E-state index is 16.4. The number of ether oxygens (including phenoxy) is 1. The number of nitrogens with zero attached hydrogens (tertiary/aromatic N) is 3. The molecular formula is C53H57ClFN7O6. The van der Waals surface area contributed by atoms with Crippen molar-refractivity contribution >= 4 is 52.5 Å². The van der Waals surface area contributed by atoms with Gasteiger partial charge in [-0.25, -0.2) is 4.39 Å². The molecule has 1 aromatic heterocycles. The van der Waals surface area contributed by atoms with Crippen molar-refractivity contribution in [2.75, 3.05) is 37.4 Å². The average molecular weight is 943 g/mol. The van der Waals surface area contributed by atoms with Crippen molar-refractivity contribution in [3.05, 3.63) is 117 Å². The van der Waals surface area contributed by atoms with Gasteiger partial charge in [0.2, 0.25) is 17.7 Å². The number of carbonyl (C=O) groups excluding carboxylic acids is 5. The van der Waals surface area contributed by atoms with Crippen LogP contribution < -0.4 is 26.0 Å². The fourth-order valence-corrected chi connectivity index (χ4v) is 11.3. The number of aromatic nitrogens is 1. The summed E-state index contributed by atoms with van der Waals surface area (Å²) in [6, 6.07) is 15.6. The van der Waals surface area contributed by atoms with E-state index in [-0.39, 0.29) is 65.4 Å². The number of likely N-dealkylation sites (tertiary alicyclic amines) is 1. The first-order valence-corrected chi connectivity index (χ1v) is 23.9. The lowest BCUT2D eigenvalue weighted by atomic mass is 9.63. The van der Waals surface area contributed by atoms with Crippen molar-refractivity contribution < 1.29 is 33.1 Å². The van der Waals surface area contributed by atoms with Crippen LogP contribution in [0.2, 0.25) is 5.02 Å². The lowest BCUT2D eigenvalue weighted by Crippen LogP contribution is -2.52. The Balaban J connectivity index is 0.915. The predicted octanol–water partition coefficient (Wildman–Crippen LogP) is 7.36. The van der Waals surface area contributed by atoms with Crippen LogP contribution in [0.1, 0.15) is 121 Å². The van der Waals surface area contributed by atoms with Gasteiger partial charge in [0.25, 0.3) is 11.8 Å². The number of rotatable bonds is 9. The number of hydrogen-bond donors (Lipinski definition) is 4. The van der Waals surface area contributed by atoms with Gasteiger partial charge >= 0.3 is 0 Å². The standard InChI is InChI=1S/C53H57ClFN7O6/c1-6-33-24-40-37(26-56-33)53(29-57-40)43(25-52(2,3)4)59-47(45(53)35-16-9-17-38(54)46(35)55)49(65)58-39-19-18-32(23-42(39)68-5)50(66)61-22-10-12-30(27-61)11-7-13-31-14-8-15-34-36(31)28-62(51(34)67)41-20-21-44(63)60-48(41)64/h8-9,14-19,23-24,26,30,41,43,45,47,57,59H,6,10-12,20-22,25,27-29H2,1-5H3,(H,58,65)(H,60,63,64)/t30-,41-,43+,45+,47-,53+/m1/s1. The van der Waals surface area contributed by atoms with Gasteiger partial charge < -0.3 is 30.5 Å². The number of piperidine rings is 2. The fourth-order valence-electron chi connectivity index (χ4n) is 11.1. The number of halogens is 2. The van der Waals surface area contributed by atoms with Crippen LogP contribution in [0.5, 0.6) is 5.75 Å². The van der Waals surface area contributed by atoms with E-state index in [0.717, 1.165) is 47.3 Å². The van der Waals surface area contributed by atoms with Crippen LogP contribution >= 0.6 is 11.6 Å². The number of fused-ring (bicyclic) bond motifs is 3. The Kier molecular flexibility index (Phi) is 12.8. The predicted molar refractivity (Wildman–Crippen MR) is 257 cm³/mol. The molecule has 68 heavy (non-hydrogen) atoms. The minimum absolute atomic E-state index is 0.0213. The molecule has 0 radical (unpaired) electrons. The maximum Gasteiger partial charge on any atom is 0.255 e. The molecule has 3 aromatic carbocycles. The molecule has 4 aromatic rings. The number of carbonyl (C=O) groups is 5. The Hall–Kier alpha value is -6.30. The molecule has 0 bridgehead atoms. The number of pyridine rings is 1. The Labute approximate surface area is 401 Å². The van der Waals surface area contributed by atoms with E-state index in [9.17, 15) is 24.0 Å². The molecule has 6 atom stereocenters. The third-order valence-corrected chi connectivity index (χ3v) is 14.7. The van der Waals surface area contributed by atoms with Crippen molar-refractivity contribution in [3.63, 3.8) is 0 Å². The summed E-state index contributed by atoms with van der Waals surface area (Å²) in [6.45, 7) is 10.3. The van der Waals surface area contributed by atoms with Gasteiger partial charge in [-0.2, -0.15) is 0 Å². The molecule has 0 saturated carbocycles. The largest absolute Gasteiger partial charge is 0.495 e. The zero-order valence-electron chi connectivity index (χ0n) is 39.1. The molecule has 354 valence electrons. The first kappa shape index (κ1) is 46.8. The normalized spacial score (nSPS) is 24.2. The summed E-state index contributed by atoms with van der Waals surface area (Å²) >= 11 is 6.46. The number of nitrogens with one attached hydrogen (secondary N) is 4. The van der Waals surface area contributed by atoms with E-state index in [2.05, 4.69) is 60.8 Å². The van der Waals surface area contributed by atoms with Gasteiger partial charge in [-0.15, -0.1) is 0 Å². The highest BCUT2D eigenvalue weighted by molar-refractivity contribution is 6.30. The van der Waals surface area contributed by atoms with E-state index < -0.39 is 35.1 Å². The Morgan fingerprint density at radius 3 is 2.65 bits per heavy atom. The molecule has 5 aliphatic heterocycles. The van der Waals surface area contributed by atoms with Gasteiger partial charge in [-0.1, -0.05) is 69.3 Å². The zero-order valence-corrected chi connectivity index (χ0v) is 39.8. The second kappa shape index (κ2) is 18.7. The van der Waals surface area contributed by atoms with Gasteiger partial charge in [0.05, 0.1) is 23.9 Å². The fraction of sp³-hybridized carbons (Fsp3) is 0.434. The molecule has 4 N–H and O–H groups in total. The quantitative estimate of drug-likeness (QED) is 0.0993. The summed E-state index contributed by atoms with van der Waals surface area (Å²) in [7, 11) is 1.49. The molecule has 5 amide bonds. The summed E-state index contributed by atoms with van der Waals surface area (Å²) in [5, 5.41) is 12.7. The lowest BCUT2D eigenvalue weighted by Gasteiger charge is -2.39. The van der Waals surface area contributed by atoms with Crippen LogP contribution in [0.15, 0.2) is 66.9 Å². The van der Waals surface area contributed by atoms with Crippen molar-refractivity contribution in [1.82, 2.24) is 25.4 Å². The number of imide groups is 1. The van der Waals surface area contributed by atoms with E-state index in [0.29, 0.717) is 60.6 Å². The molecule has 0 aliphatic carbocycles. The summed E-state index contributed by atoms with van der Waals surface area (Å²) in [5.74, 6) is 4.17. The van der Waals surface area contributed by atoms with Crippen LogP contribution in [0.25, 0.3) is 0 Å². The van der Waals surface area contributed by atoms with Crippen LogP contribution in [-0.2, 0) is 32.8 Å². The van der Waals surface area contributed by atoms with Crippen LogP contribution in [0.4, 0.5) is 15.8 Å². The number of anilines is 2. The summed E-state index contributed by atoms with van der Waals surface area (Å²) in [6.07, 6.45) is 6.03. The van der Waals surface area contributed by atoms with Gasteiger partial charge in [0, 0.05) is 96.2 Å². The number of aryl methyl sites for hydroxylation is 1. The SMILES string of the molecule is CCc1cc2c(cn1)[C@@]1(CN2)[C@H](CC(C)(C)C)N[C@@H](C(=O)Nc2ccc(C(=O)N3CCC[C@@H](CC#Cc4cccc5c4CN([C@@H]4CCC(=O)NC4=O)C5=O)C3)cc2OC)[C@@H]1c1cccc(Cl)c1F. The monoisotopic (exact) mass is 941 g/mol. The number of methoxy groups -OCH3 is 1. The lowest BCUT2D eigenvalue weighted by molar-refractivity contribution is -0.137. The van der Waals surface area contributed by atoms with Crippen LogP contribution in [-0.4, -0.2) is 89.2 Å². The van der Waals surface area contributed by atoms with E-state index in [1.54, 1.807) is 42.5 Å². The number of amides is 5. The molecule has 3 saturated heterocycles. The maximum atomic E-state index is 16.4. The van der Waals surface area contributed by atoms with E-state index >= 15 is 4.39 Å². The Bertz CT molecular complexity index is 2780. The van der Waals surface area contributed by atoms with Crippen LogP contribution in [0.3, 0.4) is 0 Å². The second-order valence-electron chi connectivity index (χ2n) is 20.0. The Morgan fingerprint density at radius 1 is 1.07 bits per heavy atom. The highest BCUT2D eigenvalue weighted by Gasteiger charge is 2.62. The summed E-state index contributed by atoms with van der Waals surface area (Å²) in [5.41, 5.74) is 4.99. The van der Waals surface area contributed by atoms with Crippen molar-refractivity contribution in [2.45, 2.75) is 109 Å². The third kappa shape index (κ3) is 8.71. The first-order chi connectivity index (χ1) is 32.6. The number of hydrogen-bond acceptors (Lipinski definition) is 9. The summed E-state index contributed by atoms with van der Waals surface area (Å²) in [4.78, 5) is 74.7. The van der Waals surface area contributed by atoms with Crippen molar-refractivity contribution in [1.29, 1.82) is 0 Å². The highest BCUT2D eigenvalue weighted by Crippen LogP contribution is 2.56. The molecule has 3 fully saturated rings. The van der Waals surface area contributed by atoms with Gasteiger partial charge in [-0.3, -0.25) is 34.3 Å². The zero-order chi connectivity index (χ0) is 48.1. The van der Waals surface area contributed by atoms with E-state index in [1.807, 2.05) is 23.2 Å². The van der Waals surface area contributed by atoms with Gasteiger partial charge in [0.15, 0.2) is 0 Å². The molecule has 0 unspecified atom stereocenters. The first-order valence-electron chi connectivity index (χ1n) is 23.6. The smallest absolute Gasteiger partial charge is 0.255 e. The minimum Gasteiger partial charge on any atom is -0.495 e. The van der Waals surface area contributed by atoms with E-state index in [4.69, 9.17) is 21.3 Å². The third-order valence-electron chi connectivity index (χ3n) is 14.4. The Morgan fingerprint density at radius 2 is 1.88 bits per heavy atom. The van der Waals surface area contributed by atoms with Crippen molar-refractivity contribution in [3.8, 4) is 17.6 Å². The molecule has 13 nitrogen and oxygen atoms in total. The molecule has 15 heteroatoms. The summed E-state index contributed by atoms with van der Waals surface area (Å²) < 4.78 is 22.2. The highest BCUT2D eigenvalue weighted by atomic mass is 35.5. The molecule has 1 spiro atoms. The molecular weight excluding hydrogens is 885 g/mol. The molecule has 9 rings (SSSR count). The molecule has 6 heterocycles. The topological polar surface area (TPSA) is 162 Å². The minimum atomic E-state index is -0.897. The van der Waals surface area contributed by atoms with Crippen LogP contribution in [0, 0.1) is 29.0 Å².